The van der Waals surface area contributed by atoms with Crippen LogP contribution < -0.4 is 0 Å². The van der Waals surface area contributed by atoms with E-state index in [9.17, 15) is 5.11 Å². The summed E-state index contributed by atoms with van der Waals surface area (Å²) in [5.41, 5.74) is 5.54. The van der Waals surface area contributed by atoms with Gasteiger partial charge in [-0.15, -0.1) is 0 Å². The molecule has 1 radical (unpaired) electrons. The summed E-state index contributed by atoms with van der Waals surface area (Å²) < 4.78 is 0. The van der Waals surface area contributed by atoms with Crippen LogP contribution in [0.3, 0.4) is 0 Å². The van der Waals surface area contributed by atoms with Gasteiger partial charge in [-0.1, -0.05) is 35.9 Å². The molecule has 0 bridgehead atoms. The Labute approximate surface area is 103 Å². The van der Waals surface area contributed by atoms with Crippen molar-refractivity contribution in [3.8, 4) is 5.75 Å². The Hall–Kier alpha value is -1.76. The third kappa shape index (κ3) is 2.68. The summed E-state index contributed by atoms with van der Waals surface area (Å²) in [6, 6.07) is 13.5. The molecule has 0 spiro atoms. The van der Waals surface area contributed by atoms with Gasteiger partial charge in [-0.2, -0.15) is 0 Å². The number of phenols is 1. The number of rotatable bonds is 2. The van der Waals surface area contributed by atoms with Crippen LogP contribution >= 0.6 is 0 Å². The first-order valence-corrected chi connectivity index (χ1v) is 5.82. The first kappa shape index (κ1) is 11.7. The van der Waals surface area contributed by atoms with E-state index in [1.54, 1.807) is 0 Å². The second-order valence-electron chi connectivity index (χ2n) is 4.65. The van der Waals surface area contributed by atoms with E-state index >= 15 is 0 Å². The van der Waals surface area contributed by atoms with Gasteiger partial charge in [-0.3, -0.25) is 0 Å². The smallest absolute Gasteiger partial charge is 0.121 e. The van der Waals surface area contributed by atoms with E-state index in [1.807, 2.05) is 32.0 Å². The van der Waals surface area contributed by atoms with Crippen molar-refractivity contribution in [1.29, 1.82) is 0 Å². The van der Waals surface area contributed by atoms with Crippen molar-refractivity contribution in [3.63, 3.8) is 0 Å². The zero-order valence-electron chi connectivity index (χ0n) is 10.5. The number of aryl methyl sites for hydroxylation is 3. The van der Waals surface area contributed by atoms with E-state index in [0.29, 0.717) is 5.75 Å². The second kappa shape index (κ2) is 4.62. The van der Waals surface area contributed by atoms with Crippen molar-refractivity contribution >= 4 is 0 Å². The van der Waals surface area contributed by atoms with Crippen LogP contribution in [0.2, 0.25) is 0 Å². The summed E-state index contributed by atoms with van der Waals surface area (Å²) in [6.45, 7) is 5.96. The van der Waals surface area contributed by atoms with Gasteiger partial charge < -0.3 is 5.11 Å². The Balaban J connectivity index is 2.31. The molecule has 1 N–H and O–H groups in total. The third-order valence-electron chi connectivity index (χ3n) is 2.96. The minimum Gasteiger partial charge on any atom is -0.507 e. The minimum absolute atomic E-state index is 0.405. The van der Waals surface area contributed by atoms with Gasteiger partial charge in [-0.25, -0.2) is 0 Å². The Morgan fingerprint density at radius 1 is 1.06 bits per heavy atom. The average Bonchev–Trinajstić information content (AvgIpc) is 2.26. The molecular weight excluding hydrogens is 208 g/mol. The molecule has 0 amide bonds. The first-order chi connectivity index (χ1) is 8.06. The van der Waals surface area contributed by atoms with Crippen LogP contribution in [0.15, 0.2) is 30.3 Å². The lowest BCUT2D eigenvalue weighted by Gasteiger charge is -2.08. The molecule has 0 aliphatic carbocycles. The normalized spacial score (nSPS) is 10.5. The van der Waals surface area contributed by atoms with Crippen molar-refractivity contribution in [2.45, 2.75) is 27.2 Å². The molecule has 0 fully saturated rings. The number of hydrogen-bond donors (Lipinski definition) is 1. The molecule has 2 aromatic rings. The molecule has 1 nitrogen and oxygen atoms in total. The molecule has 0 saturated heterocycles. The quantitative estimate of drug-likeness (QED) is 0.826. The van der Waals surface area contributed by atoms with Crippen LogP contribution in [-0.2, 0) is 6.42 Å². The van der Waals surface area contributed by atoms with Crippen LogP contribution in [-0.4, -0.2) is 5.11 Å². The predicted octanol–water partition coefficient (Wildman–Crippen LogP) is 3.71. The number of hydrogen-bond acceptors (Lipinski definition) is 1. The highest BCUT2D eigenvalue weighted by molar-refractivity contribution is 5.43. The van der Waals surface area contributed by atoms with Crippen LogP contribution in [0.4, 0.5) is 0 Å². The molecule has 1 heteroatoms. The lowest BCUT2D eigenvalue weighted by molar-refractivity contribution is 0.466. The minimum atomic E-state index is 0.405. The standard InChI is InChI=1S/C16H17O/c1-11-5-4-6-14(7-11)10-15-8-12(2)16(17)13(3)9-15/h4-5,7-9,17H,10H2,1-3H3. The summed E-state index contributed by atoms with van der Waals surface area (Å²) in [5.74, 6) is 0.405. The van der Waals surface area contributed by atoms with Gasteiger partial charge in [0.05, 0.1) is 0 Å². The van der Waals surface area contributed by atoms with E-state index in [1.165, 1.54) is 16.7 Å². The Bertz CT molecular complexity index is 518. The summed E-state index contributed by atoms with van der Waals surface area (Å²) in [4.78, 5) is 0. The van der Waals surface area contributed by atoms with Crippen molar-refractivity contribution < 1.29 is 5.11 Å². The predicted molar refractivity (Wildman–Crippen MR) is 70.4 cm³/mol. The monoisotopic (exact) mass is 225 g/mol. The topological polar surface area (TPSA) is 20.2 Å². The van der Waals surface area contributed by atoms with Gasteiger partial charge in [-0.05, 0) is 55.5 Å². The molecule has 0 aliphatic rings. The molecule has 87 valence electrons. The van der Waals surface area contributed by atoms with Gasteiger partial charge in [0, 0.05) is 0 Å². The Kier molecular flexibility index (Phi) is 3.19. The largest absolute Gasteiger partial charge is 0.507 e. The van der Waals surface area contributed by atoms with Crippen LogP contribution in [0.5, 0.6) is 5.75 Å². The van der Waals surface area contributed by atoms with E-state index in [2.05, 4.69) is 25.1 Å². The van der Waals surface area contributed by atoms with Crippen molar-refractivity contribution in [2.24, 2.45) is 0 Å². The molecule has 0 saturated carbocycles. The van der Waals surface area contributed by atoms with Crippen molar-refractivity contribution in [2.75, 3.05) is 0 Å². The fourth-order valence-electron chi connectivity index (χ4n) is 2.11. The highest BCUT2D eigenvalue weighted by atomic mass is 16.3. The molecule has 0 aromatic heterocycles. The molecular formula is C16H17O. The summed E-state index contributed by atoms with van der Waals surface area (Å²) in [6.07, 6.45) is 0.865. The Morgan fingerprint density at radius 3 is 2.29 bits per heavy atom. The van der Waals surface area contributed by atoms with Crippen LogP contribution in [0, 0.1) is 26.8 Å². The Morgan fingerprint density at radius 2 is 1.71 bits per heavy atom. The number of phenolic OH excluding ortho intramolecular Hbond substituents is 1. The lowest BCUT2D eigenvalue weighted by atomic mass is 9.99. The summed E-state index contributed by atoms with van der Waals surface area (Å²) in [5, 5.41) is 9.73. The molecule has 0 heterocycles. The maximum Gasteiger partial charge on any atom is 0.121 e. The van der Waals surface area contributed by atoms with E-state index in [0.717, 1.165) is 17.5 Å². The zero-order valence-corrected chi connectivity index (χ0v) is 10.5. The third-order valence-corrected chi connectivity index (χ3v) is 2.96. The van der Waals surface area contributed by atoms with E-state index < -0.39 is 0 Å². The van der Waals surface area contributed by atoms with Gasteiger partial charge in [0.2, 0.25) is 0 Å². The molecule has 2 aromatic carbocycles. The average molecular weight is 225 g/mol. The van der Waals surface area contributed by atoms with Gasteiger partial charge in [0.25, 0.3) is 0 Å². The molecule has 0 unspecified atom stereocenters. The SMILES string of the molecule is Cc1cc[c]c(Cc2cc(C)c(O)c(C)c2)c1. The molecule has 17 heavy (non-hydrogen) atoms. The van der Waals surface area contributed by atoms with Gasteiger partial charge >= 0.3 is 0 Å². The van der Waals surface area contributed by atoms with Gasteiger partial charge in [0.1, 0.15) is 5.75 Å². The van der Waals surface area contributed by atoms with Crippen LogP contribution in [0.1, 0.15) is 27.8 Å². The maximum atomic E-state index is 9.73. The maximum absolute atomic E-state index is 9.73. The van der Waals surface area contributed by atoms with Gasteiger partial charge in [0.15, 0.2) is 0 Å². The van der Waals surface area contributed by atoms with Crippen molar-refractivity contribution in [1.82, 2.24) is 0 Å². The summed E-state index contributed by atoms with van der Waals surface area (Å²) in [7, 11) is 0. The molecule has 0 aliphatic heterocycles. The van der Waals surface area contributed by atoms with Crippen LogP contribution in [0.25, 0.3) is 0 Å². The molecule has 0 atom stereocenters. The summed E-state index contributed by atoms with van der Waals surface area (Å²) >= 11 is 0. The first-order valence-electron chi connectivity index (χ1n) is 5.82. The van der Waals surface area contributed by atoms with E-state index in [4.69, 9.17) is 0 Å². The number of aromatic hydroxyl groups is 1. The zero-order chi connectivity index (χ0) is 12.4. The van der Waals surface area contributed by atoms with Crippen molar-refractivity contribution in [3.05, 3.63) is 64.2 Å². The highest BCUT2D eigenvalue weighted by Crippen LogP contribution is 2.24. The van der Waals surface area contributed by atoms with E-state index in [-0.39, 0.29) is 0 Å². The fourth-order valence-corrected chi connectivity index (χ4v) is 2.11. The fraction of sp³-hybridized carbons (Fsp3) is 0.250. The lowest BCUT2D eigenvalue weighted by Crippen LogP contribution is -1.92. The highest BCUT2D eigenvalue weighted by Gasteiger charge is 2.04. The number of benzene rings is 2. The second-order valence-corrected chi connectivity index (χ2v) is 4.65. The molecule has 2 rings (SSSR count).